The summed E-state index contributed by atoms with van der Waals surface area (Å²) in [5.74, 6) is 0. The predicted octanol–water partition coefficient (Wildman–Crippen LogP) is 1.39. The Hall–Kier alpha value is -0.480. The molecule has 0 spiro atoms. The molecule has 0 aliphatic carbocycles. The number of nitrogens with one attached hydrogen (secondary N) is 1. The van der Waals surface area contributed by atoms with E-state index in [1.165, 1.54) is 0 Å². The molecule has 0 radical (unpaired) electrons. The molecule has 4 nitrogen and oxygen atoms in total. The summed E-state index contributed by atoms with van der Waals surface area (Å²) < 4.78 is 5.10. The number of cyclic esters (lactones) is 1. The van der Waals surface area contributed by atoms with Crippen LogP contribution < -0.4 is 5.32 Å². The van der Waals surface area contributed by atoms with E-state index in [-0.39, 0.29) is 24.0 Å². The standard InChI is InChI=1S/C10H18N2O2.ClH/c1-10(2)7-14-9(13)12(10)8-3-5-11-6-4-8;/h8,11H,3-7H2,1-2H3;1H. The zero-order chi connectivity index (χ0) is 10.2. The molecule has 5 heteroatoms. The smallest absolute Gasteiger partial charge is 0.410 e. The van der Waals surface area contributed by atoms with Gasteiger partial charge in [-0.1, -0.05) is 0 Å². The van der Waals surface area contributed by atoms with Gasteiger partial charge in [0.2, 0.25) is 0 Å². The Kier molecular flexibility index (Phi) is 3.84. The lowest BCUT2D eigenvalue weighted by atomic mass is 9.98. The Labute approximate surface area is 96.7 Å². The fourth-order valence-corrected chi connectivity index (χ4v) is 2.33. The lowest BCUT2D eigenvalue weighted by Gasteiger charge is -2.37. The van der Waals surface area contributed by atoms with Gasteiger partial charge < -0.3 is 10.1 Å². The second-order valence-electron chi connectivity index (χ2n) is 4.72. The van der Waals surface area contributed by atoms with E-state index in [2.05, 4.69) is 19.2 Å². The molecule has 2 heterocycles. The first-order valence-electron chi connectivity index (χ1n) is 5.28. The van der Waals surface area contributed by atoms with Gasteiger partial charge in [0, 0.05) is 6.04 Å². The van der Waals surface area contributed by atoms with Crippen LogP contribution >= 0.6 is 12.4 Å². The molecular weight excluding hydrogens is 216 g/mol. The largest absolute Gasteiger partial charge is 0.447 e. The van der Waals surface area contributed by atoms with Gasteiger partial charge in [0.05, 0.1) is 5.54 Å². The van der Waals surface area contributed by atoms with Crippen LogP contribution in [0.4, 0.5) is 4.79 Å². The summed E-state index contributed by atoms with van der Waals surface area (Å²) in [6.07, 6.45) is 1.94. The normalized spacial score (nSPS) is 26.0. The van der Waals surface area contributed by atoms with Crippen LogP contribution in [-0.4, -0.2) is 42.3 Å². The molecule has 15 heavy (non-hydrogen) atoms. The van der Waals surface area contributed by atoms with Crippen molar-refractivity contribution in [2.75, 3.05) is 19.7 Å². The third-order valence-corrected chi connectivity index (χ3v) is 3.07. The summed E-state index contributed by atoms with van der Waals surface area (Å²) in [4.78, 5) is 13.5. The average molecular weight is 235 g/mol. The maximum Gasteiger partial charge on any atom is 0.410 e. The van der Waals surface area contributed by atoms with Gasteiger partial charge in [-0.2, -0.15) is 0 Å². The summed E-state index contributed by atoms with van der Waals surface area (Å²) in [7, 11) is 0. The molecule has 2 rings (SSSR count). The highest BCUT2D eigenvalue weighted by molar-refractivity contribution is 5.85. The van der Waals surface area contributed by atoms with Crippen molar-refractivity contribution >= 4 is 18.5 Å². The van der Waals surface area contributed by atoms with Crippen molar-refractivity contribution in [2.24, 2.45) is 0 Å². The van der Waals surface area contributed by atoms with Crippen LogP contribution in [-0.2, 0) is 4.74 Å². The SMILES string of the molecule is CC1(C)COC(=O)N1C1CCNCC1.Cl. The number of nitrogens with zero attached hydrogens (tertiary/aromatic N) is 1. The fraction of sp³-hybridized carbons (Fsp3) is 0.900. The van der Waals surface area contributed by atoms with Crippen LogP contribution in [0.2, 0.25) is 0 Å². The molecule has 0 aromatic carbocycles. The quantitative estimate of drug-likeness (QED) is 0.746. The molecule has 0 aromatic heterocycles. The van der Waals surface area contributed by atoms with Crippen molar-refractivity contribution < 1.29 is 9.53 Å². The molecule has 2 saturated heterocycles. The first-order valence-corrected chi connectivity index (χ1v) is 5.28. The number of hydrogen-bond donors (Lipinski definition) is 1. The second-order valence-corrected chi connectivity index (χ2v) is 4.72. The molecule has 0 atom stereocenters. The van der Waals surface area contributed by atoms with E-state index in [1.807, 2.05) is 4.90 Å². The van der Waals surface area contributed by atoms with Crippen molar-refractivity contribution in [1.29, 1.82) is 0 Å². The van der Waals surface area contributed by atoms with Gasteiger partial charge in [-0.25, -0.2) is 4.79 Å². The number of piperidine rings is 1. The molecule has 0 unspecified atom stereocenters. The van der Waals surface area contributed by atoms with Crippen LogP contribution in [0.25, 0.3) is 0 Å². The molecular formula is C10H19ClN2O2. The van der Waals surface area contributed by atoms with E-state index in [9.17, 15) is 4.79 Å². The van der Waals surface area contributed by atoms with Gasteiger partial charge in [0.15, 0.2) is 0 Å². The lowest BCUT2D eigenvalue weighted by molar-refractivity contribution is 0.116. The third-order valence-electron chi connectivity index (χ3n) is 3.07. The first kappa shape index (κ1) is 12.6. The van der Waals surface area contributed by atoms with Crippen molar-refractivity contribution in [1.82, 2.24) is 10.2 Å². The minimum atomic E-state index is -0.137. The van der Waals surface area contributed by atoms with Crippen LogP contribution in [0, 0.1) is 0 Å². The highest BCUT2D eigenvalue weighted by Gasteiger charge is 2.43. The summed E-state index contributed by atoms with van der Waals surface area (Å²) in [5.41, 5.74) is -0.126. The Morgan fingerprint density at radius 2 is 2.00 bits per heavy atom. The molecule has 1 amide bonds. The Balaban J connectivity index is 0.00000112. The highest BCUT2D eigenvalue weighted by atomic mass is 35.5. The maximum absolute atomic E-state index is 11.6. The van der Waals surface area contributed by atoms with Crippen molar-refractivity contribution in [2.45, 2.75) is 38.3 Å². The van der Waals surface area contributed by atoms with Crippen molar-refractivity contribution in [3.8, 4) is 0 Å². The number of hydrogen-bond acceptors (Lipinski definition) is 3. The summed E-state index contributed by atoms with van der Waals surface area (Å²) >= 11 is 0. The topological polar surface area (TPSA) is 41.6 Å². The van der Waals surface area contributed by atoms with E-state index < -0.39 is 0 Å². The van der Waals surface area contributed by atoms with E-state index in [0.29, 0.717) is 12.6 Å². The van der Waals surface area contributed by atoms with Gasteiger partial charge in [-0.05, 0) is 39.8 Å². The first-order chi connectivity index (χ1) is 6.61. The lowest BCUT2D eigenvalue weighted by Crippen LogP contribution is -2.51. The Morgan fingerprint density at radius 1 is 1.40 bits per heavy atom. The molecule has 1 N–H and O–H groups in total. The van der Waals surface area contributed by atoms with Gasteiger partial charge in [-0.3, -0.25) is 4.90 Å². The minimum absolute atomic E-state index is 0. The van der Waals surface area contributed by atoms with E-state index in [0.717, 1.165) is 25.9 Å². The number of carbonyl (C=O) groups excluding carboxylic acids is 1. The maximum atomic E-state index is 11.6. The zero-order valence-electron chi connectivity index (χ0n) is 9.28. The Bertz CT molecular complexity index is 240. The highest BCUT2D eigenvalue weighted by Crippen LogP contribution is 2.29. The molecule has 0 bridgehead atoms. The number of rotatable bonds is 1. The van der Waals surface area contributed by atoms with E-state index >= 15 is 0 Å². The average Bonchev–Trinajstić information content (AvgIpc) is 2.42. The van der Waals surface area contributed by atoms with E-state index in [4.69, 9.17) is 4.74 Å². The fourth-order valence-electron chi connectivity index (χ4n) is 2.33. The zero-order valence-corrected chi connectivity index (χ0v) is 10.1. The summed E-state index contributed by atoms with van der Waals surface area (Å²) in [6, 6.07) is 0.362. The molecule has 2 fully saturated rings. The summed E-state index contributed by atoms with van der Waals surface area (Å²) in [5, 5.41) is 3.30. The third kappa shape index (κ3) is 2.37. The van der Waals surface area contributed by atoms with Gasteiger partial charge in [-0.15, -0.1) is 12.4 Å². The van der Waals surface area contributed by atoms with Gasteiger partial charge >= 0.3 is 6.09 Å². The second kappa shape index (κ2) is 4.58. The van der Waals surface area contributed by atoms with Crippen LogP contribution in [0.3, 0.4) is 0 Å². The molecule has 88 valence electrons. The van der Waals surface area contributed by atoms with Crippen LogP contribution in [0.5, 0.6) is 0 Å². The van der Waals surface area contributed by atoms with Gasteiger partial charge in [0.25, 0.3) is 0 Å². The Morgan fingerprint density at radius 3 is 2.47 bits per heavy atom. The van der Waals surface area contributed by atoms with Gasteiger partial charge in [0.1, 0.15) is 6.61 Å². The van der Waals surface area contributed by atoms with Crippen molar-refractivity contribution in [3.05, 3.63) is 0 Å². The molecule has 0 aromatic rings. The predicted molar refractivity (Wildman–Crippen MR) is 60.4 cm³/mol. The number of halogens is 1. The van der Waals surface area contributed by atoms with Crippen LogP contribution in [0.15, 0.2) is 0 Å². The van der Waals surface area contributed by atoms with Crippen LogP contribution in [0.1, 0.15) is 26.7 Å². The minimum Gasteiger partial charge on any atom is -0.447 e. The van der Waals surface area contributed by atoms with Crippen molar-refractivity contribution in [3.63, 3.8) is 0 Å². The van der Waals surface area contributed by atoms with E-state index in [1.54, 1.807) is 0 Å². The summed E-state index contributed by atoms with van der Waals surface area (Å²) in [6.45, 7) is 6.67. The molecule has 2 aliphatic rings. The number of carbonyl (C=O) groups is 1. The molecule has 2 aliphatic heterocycles. The molecule has 0 saturated carbocycles. The number of ether oxygens (including phenoxy) is 1. The monoisotopic (exact) mass is 234 g/mol. The number of amides is 1.